The Labute approximate surface area is 179 Å². The number of halogens is 2. The van der Waals surface area contributed by atoms with Gasteiger partial charge in [-0.3, -0.25) is 0 Å². The van der Waals surface area contributed by atoms with Gasteiger partial charge in [0, 0.05) is 16.0 Å². The van der Waals surface area contributed by atoms with Crippen molar-refractivity contribution in [3.8, 4) is 11.5 Å². The van der Waals surface area contributed by atoms with Crippen molar-refractivity contribution in [2.24, 2.45) is 0 Å². The third kappa shape index (κ3) is 5.99. The van der Waals surface area contributed by atoms with E-state index in [9.17, 15) is 0 Å². The normalized spacial score (nSPS) is 10.7. The van der Waals surface area contributed by atoms with Crippen molar-refractivity contribution in [2.45, 2.75) is 19.6 Å². The molecule has 0 fully saturated rings. The molecule has 0 amide bonds. The third-order valence-electron chi connectivity index (χ3n) is 4.36. The lowest BCUT2D eigenvalue weighted by Crippen LogP contribution is -2.17. The smallest absolute Gasteiger partial charge is 0.162 e. The molecule has 5 heteroatoms. The lowest BCUT2D eigenvalue weighted by atomic mass is 10.1. The molecule has 0 saturated carbocycles. The molecule has 0 heterocycles. The van der Waals surface area contributed by atoms with E-state index in [0.29, 0.717) is 23.1 Å². The van der Waals surface area contributed by atoms with Gasteiger partial charge in [-0.25, -0.2) is 0 Å². The van der Waals surface area contributed by atoms with Crippen LogP contribution in [0.25, 0.3) is 0 Å². The molecular weight excluding hydrogens is 438 g/mol. The predicted molar refractivity (Wildman–Crippen MR) is 118 cm³/mol. The summed E-state index contributed by atoms with van der Waals surface area (Å²) in [5.74, 6) is 1.41. The van der Waals surface area contributed by atoms with Crippen LogP contribution in [0.5, 0.6) is 11.5 Å². The summed E-state index contributed by atoms with van der Waals surface area (Å²) in [7, 11) is 1.65. The van der Waals surface area contributed by atoms with Gasteiger partial charge in [0.1, 0.15) is 6.61 Å². The van der Waals surface area contributed by atoms with E-state index in [1.807, 2.05) is 42.5 Å². The maximum atomic E-state index is 6.04. The number of benzene rings is 3. The van der Waals surface area contributed by atoms with Crippen LogP contribution in [-0.2, 0) is 19.6 Å². The summed E-state index contributed by atoms with van der Waals surface area (Å²) in [5.41, 5.74) is 3.47. The maximum absolute atomic E-state index is 6.04. The molecule has 0 unspecified atom stereocenters. The van der Waals surface area contributed by atoms with Crippen molar-refractivity contribution in [2.75, 3.05) is 13.7 Å². The minimum absolute atomic E-state index is 0.429. The summed E-state index contributed by atoms with van der Waals surface area (Å²) < 4.78 is 12.5. The summed E-state index contributed by atoms with van der Waals surface area (Å²) in [5, 5.41) is 4.18. The lowest BCUT2D eigenvalue weighted by molar-refractivity contribution is 0.284. The Morgan fingerprint density at radius 3 is 2.46 bits per heavy atom. The zero-order valence-electron chi connectivity index (χ0n) is 15.8. The molecule has 0 aliphatic rings. The third-order valence-corrected chi connectivity index (χ3v) is 5.34. The molecular formula is C23H23BrClNO2. The minimum atomic E-state index is 0.429. The Hall–Kier alpha value is -2.01. The molecule has 28 heavy (non-hydrogen) atoms. The molecule has 0 bridgehead atoms. The quantitative estimate of drug-likeness (QED) is 0.396. The topological polar surface area (TPSA) is 30.5 Å². The van der Waals surface area contributed by atoms with E-state index in [-0.39, 0.29) is 0 Å². The molecule has 0 radical (unpaired) electrons. The second kappa shape index (κ2) is 10.5. The predicted octanol–water partition coefficient (Wildman–Crippen LogP) is 6.02. The first-order chi connectivity index (χ1) is 13.7. The largest absolute Gasteiger partial charge is 0.493 e. The van der Waals surface area contributed by atoms with Crippen LogP contribution in [0.2, 0.25) is 5.02 Å². The average molecular weight is 461 g/mol. The van der Waals surface area contributed by atoms with E-state index < -0.39 is 0 Å². The van der Waals surface area contributed by atoms with Crippen LogP contribution in [-0.4, -0.2) is 13.7 Å². The average Bonchev–Trinajstić information content (AvgIpc) is 2.71. The Kier molecular flexibility index (Phi) is 7.78. The number of hydrogen-bond donors (Lipinski definition) is 1. The first-order valence-corrected chi connectivity index (χ1v) is 10.3. The van der Waals surface area contributed by atoms with E-state index in [1.165, 1.54) is 5.56 Å². The summed E-state index contributed by atoms with van der Waals surface area (Å²) in [6.45, 7) is 2.09. The summed E-state index contributed by atoms with van der Waals surface area (Å²) in [6.07, 6.45) is 0.996. The van der Waals surface area contributed by atoms with Gasteiger partial charge >= 0.3 is 0 Å². The summed E-state index contributed by atoms with van der Waals surface area (Å²) >= 11 is 9.68. The fourth-order valence-electron chi connectivity index (χ4n) is 2.87. The molecule has 0 atom stereocenters. The van der Waals surface area contributed by atoms with Crippen molar-refractivity contribution in [1.29, 1.82) is 0 Å². The molecule has 0 saturated heterocycles. The molecule has 146 valence electrons. The van der Waals surface area contributed by atoms with Gasteiger partial charge in [-0.1, -0.05) is 70.0 Å². The van der Waals surface area contributed by atoms with Crippen LogP contribution in [0.15, 0.2) is 71.2 Å². The zero-order valence-corrected chi connectivity index (χ0v) is 18.1. The van der Waals surface area contributed by atoms with E-state index in [2.05, 4.69) is 45.5 Å². The highest BCUT2D eigenvalue weighted by molar-refractivity contribution is 9.10. The Bertz CT molecular complexity index is 902. The van der Waals surface area contributed by atoms with Crippen molar-refractivity contribution in [3.63, 3.8) is 0 Å². The molecule has 3 aromatic carbocycles. The van der Waals surface area contributed by atoms with Crippen LogP contribution in [0.4, 0.5) is 0 Å². The molecule has 3 aromatic rings. The van der Waals surface area contributed by atoms with Crippen LogP contribution in [0.1, 0.15) is 16.7 Å². The number of hydrogen-bond acceptors (Lipinski definition) is 3. The minimum Gasteiger partial charge on any atom is -0.493 e. The Morgan fingerprint density at radius 1 is 0.929 bits per heavy atom. The first-order valence-electron chi connectivity index (χ1n) is 9.14. The van der Waals surface area contributed by atoms with Crippen molar-refractivity contribution in [1.82, 2.24) is 5.32 Å². The van der Waals surface area contributed by atoms with Crippen LogP contribution in [0, 0.1) is 0 Å². The van der Waals surface area contributed by atoms with Gasteiger partial charge in [0.15, 0.2) is 11.5 Å². The first kappa shape index (κ1) is 20.7. The number of ether oxygens (including phenoxy) is 2. The van der Waals surface area contributed by atoms with Gasteiger partial charge in [0.25, 0.3) is 0 Å². The van der Waals surface area contributed by atoms with E-state index in [4.69, 9.17) is 21.1 Å². The van der Waals surface area contributed by atoms with Crippen LogP contribution in [0.3, 0.4) is 0 Å². The van der Waals surface area contributed by atoms with E-state index in [1.54, 1.807) is 7.11 Å². The van der Waals surface area contributed by atoms with Crippen LogP contribution < -0.4 is 14.8 Å². The van der Waals surface area contributed by atoms with E-state index >= 15 is 0 Å². The second-order valence-electron chi connectivity index (χ2n) is 6.43. The SMILES string of the molecule is COc1cc(CNCCc2ccccc2)c(Br)cc1OCc1cccc(Cl)c1. The van der Waals surface area contributed by atoms with Gasteiger partial charge in [-0.2, -0.15) is 0 Å². The molecule has 0 aliphatic carbocycles. The fourth-order valence-corrected chi connectivity index (χ4v) is 3.55. The van der Waals surface area contributed by atoms with Gasteiger partial charge in [0.2, 0.25) is 0 Å². The summed E-state index contributed by atoms with van der Waals surface area (Å²) in [4.78, 5) is 0. The Balaban J connectivity index is 1.59. The van der Waals surface area contributed by atoms with Gasteiger partial charge in [-0.15, -0.1) is 0 Å². The molecule has 3 rings (SSSR count). The van der Waals surface area contributed by atoms with Gasteiger partial charge < -0.3 is 14.8 Å². The van der Waals surface area contributed by atoms with Gasteiger partial charge in [0.05, 0.1) is 7.11 Å². The highest BCUT2D eigenvalue weighted by Gasteiger charge is 2.11. The lowest BCUT2D eigenvalue weighted by Gasteiger charge is -2.15. The zero-order chi connectivity index (χ0) is 19.8. The molecule has 1 N–H and O–H groups in total. The second-order valence-corrected chi connectivity index (χ2v) is 7.72. The summed E-state index contributed by atoms with van der Waals surface area (Å²) in [6, 6.07) is 22.1. The molecule has 3 nitrogen and oxygen atoms in total. The monoisotopic (exact) mass is 459 g/mol. The van der Waals surface area contributed by atoms with Crippen LogP contribution >= 0.6 is 27.5 Å². The number of nitrogens with one attached hydrogen (secondary N) is 1. The Morgan fingerprint density at radius 2 is 1.71 bits per heavy atom. The highest BCUT2D eigenvalue weighted by Crippen LogP contribution is 2.34. The standard InChI is InChI=1S/C23H23BrClNO2/c1-27-22-13-19(15-26-11-10-17-6-3-2-4-7-17)21(24)14-23(22)28-16-18-8-5-9-20(25)12-18/h2-9,12-14,26H,10-11,15-16H2,1H3. The molecule has 0 aromatic heterocycles. The number of methoxy groups -OCH3 is 1. The van der Waals surface area contributed by atoms with Crippen molar-refractivity contribution in [3.05, 3.63) is 92.9 Å². The van der Waals surface area contributed by atoms with Crippen molar-refractivity contribution >= 4 is 27.5 Å². The van der Waals surface area contributed by atoms with Gasteiger partial charge in [-0.05, 0) is 53.9 Å². The number of rotatable bonds is 9. The van der Waals surface area contributed by atoms with E-state index in [0.717, 1.165) is 35.1 Å². The molecule has 0 aliphatic heterocycles. The molecule has 0 spiro atoms. The highest BCUT2D eigenvalue weighted by atomic mass is 79.9. The van der Waals surface area contributed by atoms with Crippen molar-refractivity contribution < 1.29 is 9.47 Å². The maximum Gasteiger partial charge on any atom is 0.162 e. The fraction of sp³-hybridized carbons (Fsp3) is 0.217.